The third kappa shape index (κ3) is 3.56. The van der Waals surface area contributed by atoms with E-state index < -0.39 is 10.0 Å². The molecule has 116 valence electrons. The standard InChI is InChI=1S/C15H23N3O2S/c1-11-13(6-4-10-16-11)17-14-5-2-3-7-15(14)21(19,20)18-12-8-9-12/h2-3,5,7,11-13,16-18H,4,6,8-10H2,1H3. The lowest BCUT2D eigenvalue weighted by Gasteiger charge is -2.32. The molecule has 0 aromatic heterocycles. The molecule has 1 aromatic carbocycles. The zero-order chi connectivity index (χ0) is 14.9. The minimum absolute atomic E-state index is 0.123. The molecule has 3 N–H and O–H groups in total. The minimum Gasteiger partial charge on any atom is -0.380 e. The van der Waals surface area contributed by atoms with E-state index >= 15 is 0 Å². The Morgan fingerprint density at radius 1 is 1.19 bits per heavy atom. The van der Waals surface area contributed by atoms with Crippen molar-refractivity contribution in [2.45, 2.75) is 55.6 Å². The van der Waals surface area contributed by atoms with E-state index in [1.807, 2.05) is 12.1 Å². The lowest BCUT2D eigenvalue weighted by Crippen LogP contribution is -2.46. The molecule has 1 aliphatic heterocycles. The quantitative estimate of drug-likeness (QED) is 0.774. The van der Waals surface area contributed by atoms with Gasteiger partial charge in [-0.05, 0) is 51.3 Å². The summed E-state index contributed by atoms with van der Waals surface area (Å²) >= 11 is 0. The highest BCUT2D eigenvalue weighted by Crippen LogP contribution is 2.27. The molecular weight excluding hydrogens is 286 g/mol. The Labute approximate surface area is 126 Å². The second-order valence-corrected chi connectivity index (χ2v) is 7.71. The van der Waals surface area contributed by atoms with Gasteiger partial charge in [0.1, 0.15) is 4.90 Å². The largest absolute Gasteiger partial charge is 0.380 e. The van der Waals surface area contributed by atoms with Gasteiger partial charge in [-0.1, -0.05) is 12.1 Å². The first-order chi connectivity index (χ1) is 10.1. The molecule has 1 saturated heterocycles. The lowest BCUT2D eigenvalue weighted by atomic mass is 9.99. The highest BCUT2D eigenvalue weighted by atomic mass is 32.2. The van der Waals surface area contributed by atoms with Crippen LogP contribution in [0.5, 0.6) is 0 Å². The number of hydrogen-bond acceptors (Lipinski definition) is 4. The summed E-state index contributed by atoms with van der Waals surface area (Å²) in [5.74, 6) is 0. The Hall–Kier alpha value is -1.11. The number of hydrogen-bond donors (Lipinski definition) is 3. The summed E-state index contributed by atoms with van der Waals surface area (Å²) in [4.78, 5) is 0.356. The smallest absolute Gasteiger partial charge is 0.242 e. The van der Waals surface area contributed by atoms with Gasteiger partial charge >= 0.3 is 0 Å². The predicted octanol–water partition coefficient (Wildman–Crippen LogP) is 1.68. The summed E-state index contributed by atoms with van der Waals surface area (Å²) in [5.41, 5.74) is 0.700. The van der Waals surface area contributed by atoms with Crippen LogP contribution in [0.2, 0.25) is 0 Å². The Balaban J connectivity index is 1.81. The van der Waals surface area contributed by atoms with Gasteiger partial charge in [0.25, 0.3) is 0 Å². The summed E-state index contributed by atoms with van der Waals surface area (Å²) in [6.07, 6.45) is 4.05. The summed E-state index contributed by atoms with van der Waals surface area (Å²) < 4.78 is 27.7. The van der Waals surface area contributed by atoms with E-state index in [2.05, 4.69) is 22.3 Å². The van der Waals surface area contributed by atoms with Crippen molar-refractivity contribution in [3.8, 4) is 0 Å². The van der Waals surface area contributed by atoms with Crippen molar-refractivity contribution in [3.63, 3.8) is 0 Å². The second kappa shape index (κ2) is 5.94. The summed E-state index contributed by atoms with van der Waals surface area (Å²) in [7, 11) is -3.43. The average Bonchev–Trinajstić information content (AvgIpc) is 3.25. The van der Waals surface area contributed by atoms with Crippen LogP contribution in [0, 0.1) is 0 Å². The van der Waals surface area contributed by atoms with E-state index in [1.165, 1.54) is 0 Å². The van der Waals surface area contributed by atoms with Crippen molar-refractivity contribution in [3.05, 3.63) is 24.3 Å². The molecule has 0 bridgehead atoms. The van der Waals surface area contributed by atoms with Crippen LogP contribution < -0.4 is 15.4 Å². The van der Waals surface area contributed by atoms with Gasteiger partial charge in [-0.25, -0.2) is 13.1 Å². The maximum Gasteiger partial charge on any atom is 0.242 e. The molecule has 3 rings (SSSR count). The fraction of sp³-hybridized carbons (Fsp3) is 0.600. The number of sulfonamides is 1. The van der Waals surface area contributed by atoms with Gasteiger partial charge in [0.05, 0.1) is 5.69 Å². The van der Waals surface area contributed by atoms with E-state index in [1.54, 1.807) is 12.1 Å². The third-order valence-corrected chi connectivity index (χ3v) is 5.76. The van der Waals surface area contributed by atoms with Gasteiger partial charge in [-0.2, -0.15) is 0 Å². The molecule has 6 heteroatoms. The summed E-state index contributed by atoms with van der Waals surface area (Å²) in [6, 6.07) is 7.89. The van der Waals surface area contributed by atoms with Gasteiger partial charge in [-0.15, -0.1) is 0 Å². The molecule has 0 radical (unpaired) electrons. The molecule has 2 unspecified atom stereocenters. The highest BCUT2D eigenvalue weighted by Gasteiger charge is 2.30. The second-order valence-electron chi connectivity index (χ2n) is 6.03. The number of benzene rings is 1. The normalized spacial score (nSPS) is 26.5. The van der Waals surface area contributed by atoms with Crippen molar-refractivity contribution in [2.75, 3.05) is 11.9 Å². The van der Waals surface area contributed by atoms with Gasteiger partial charge in [0.2, 0.25) is 10.0 Å². The van der Waals surface area contributed by atoms with Crippen LogP contribution in [0.25, 0.3) is 0 Å². The fourth-order valence-corrected chi connectivity index (χ4v) is 4.22. The Bertz CT molecular complexity index is 599. The first-order valence-corrected chi connectivity index (χ1v) is 9.16. The van der Waals surface area contributed by atoms with E-state index in [9.17, 15) is 8.42 Å². The molecule has 2 fully saturated rings. The predicted molar refractivity (Wildman–Crippen MR) is 83.9 cm³/mol. The Morgan fingerprint density at radius 2 is 1.95 bits per heavy atom. The van der Waals surface area contributed by atoms with Crippen molar-refractivity contribution in [1.82, 2.24) is 10.0 Å². The van der Waals surface area contributed by atoms with Crippen molar-refractivity contribution in [1.29, 1.82) is 0 Å². The Kier molecular flexibility index (Phi) is 4.19. The van der Waals surface area contributed by atoms with E-state index in [-0.39, 0.29) is 12.1 Å². The number of para-hydroxylation sites is 1. The molecule has 1 aromatic rings. The Morgan fingerprint density at radius 3 is 2.67 bits per heavy atom. The molecule has 1 heterocycles. The van der Waals surface area contributed by atoms with Crippen LogP contribution in [0.4, 0.5) is 5.69 Å². The molecule has 0 spiro atoms. The van der Waals surface area contributed by atoms with Crippen molar-refractivity contribution in [2.24, 2.45) is 0 Å². The van der Waals surface area contributed by atoms with Crippen LogP contribution in [-0.4, -0.2) is 33.1 Å². The van der Waals surface area contributed by atoms with Crippen LogP contribution in [-0.2, 0) is 10.0 Å². The number of piperidine rings is 1. The topological polar surface area (TPSA) is 70.2 Å². The number of nitrogens with one attached hydrogen (secondary N) is 3. The first-order valence-electron chi connectivity index (χ1n) is 7.67. The molecule has 5 nitrogen and oxygen atoms in total. The highest BCUT2D eigenvalue weighted by molar-refractivity contribution is 7.89. The maximum atomic E-state index is 12.5. The monoisotopic (exact) mass is 309 g/mol. The van der Waals surface area contributed by atoms with E-state index in [0.717, 1.165) is 32.2 Å². The molecular formula is C15H23N3O2S. The van der Waals surface area contributed by atoms with Crippen molar-refractivity contribution < 1.29 is 8.42 Å². The van der Waals surface area contributed by atoms with Crippen LogP contribution in [0.1, 0.15) is 32.6 Å². The molecule has 2 atom stereocenters. The number of rotatable bonds is 5. The fourth-order valence-electron chi connectivity index (χ4n) is 2.75. The third-order valence-electron chi connectivity index (χ3n) is 4.18. The van der Waals surface area contributed by atoms with Gasteiger partial charge in [-0.3, -0.25) is 0 Å². The first kappa shape index (κ1) is 14.8. The van der Waals surface area contributed by atoms with Crippen LogP contribution in [0.15, 0.2) is 29.2 Å². The summed E-state index contributed by atoms with van der Waals surface area (Å²) in [5, 5.41) is 6.84. The zero-order valence-corrected chi connectivity index (χ0v) is 13.1. The maximum absolute atomic E-state index is 12.5. The molecule has 1 saturated carbocycles. The molecule has 21 heavy (non-hydrogen) atoms. The molecule has 2 aliphatic rings. The van der Waals surface area contributed by atoms with Crippen molar-refractivity contribution >= 4 is 15.7 Å². The van der Waals surface area contributed by atoms with Gasteiger partial charge in [0, 0.05) is 18.1 Å². The molecule has 1 aliphatic carbocycles. The summed E-state index contributed by atoms with van der Waals surface area (Å²) in [6.45, 7) is 3.17. The average molecular weight is 309 g/mol. The molecule has 0 amide bonds. The van der Waals surface area contributed by atoms with E-state index in [0.29, 0.717) is 16.6 Å². The van der Waals surface area contributed by atoms with E-state index in [4.69, 9.17) is 0 Å². The SMILES string of the molecule is CC1NCCCC1Nc1ccccc1S(=O)(=O)NC1CC1. The zero-order valence-electron chi connectivity index (χ0n) is 12.3. The van der Waals surface area contributed by atoms with Gasteiger partial charge in [0.15, 0.2) is 0 Å². The van der Waals surface area contributed by atoms with Crippen LogP contribution in [0.3, 0.4) is 0 Å². The van der Waals surface area contributed by atoms with Crippen LogP contribution >= 0.6 is 0 Å². The minimum atomic E-state index is -3.43. The lowest BCUT2D eigenvalue weighted by molar-refractivity contribution is 0.389. The number of anilines is 1. The van der Waals surface area contributed by atoms with Gasteiger partial charge < -0.3 is 10.6 Å².